The Morgan fingerprint density at radius 2 is 2.00 bits per heavy atom. The van der Waals surface area contributed by atoms with Crippen molar-refractivity contribution in [1.82, 2.24) is 4.72 Å². The molecule has 0 spiro atoms. The van der Waals surface area contributed by atoms with Crippen LogP contribution in [0.15, 0.2) is 29.2 Å². The predicted octanol–water partition coefficient (Wildman–Crippen LogP) is 2.11. The summed E-state index contributed by atoms with van der Waals surface area (Å²) in [6, 6.07) is 7.74. The van der Waals surface area contributed by atoms with E-state index in [0.29, 0.717) is 5.56 Å². The van der Waals surface area contributed by atoms with Crippen LogP contribution in [0.25, 0.3) is 0 Å². The lowest BCUT2D eigenvalue weighted by atomic mass is 9.92. The van der Waals surface area contributed by atoms with Gasteiger partial charge in [-0.15, -0.1) is 0 Å². The molecule has 0 heterocycles. The van der Waals surface area contributed by atoms with Gasteiger partial charge in [-0.2, -0.15) is 9.98 Å². The van der Waals surface area contributed by atoms with Crippen molar-refractivity contribution in [1.29, 1.82) is 5.26 Å². The van der Waals surface area contributed by atoms with Crippen molar-refractivity contribution < 1.29 is 13.2 Å². The number of carbonyl (C=O) groups is 1. The largest absolute Gasteiger partial charge is 0.295 e. The van der Waals surface area contributed by atoms with Crippen LogP contribution in [0, 0.1) is 17.2 Å². The number of sulfonamides is 1. The molecule has 0 aliphatic heterocycles. The summed E-state index contributed by atoms with van der Waals surface area (Å²) in [5.74, 6) is -0.410. The Labute approximate surface area is 119 Å². The molecule has 0 aromatic heterocycles. The number of rotatable bonds is 5. The second-order valence-electron chi connectivity index (χ2n) is 5.16. The van der Waals surface area contributed by atoms with Crippen LogP contribution < -0.4 is 4.72 Å². The smallest absolute Gasteiger partial charge is 0.241 e. The van der Waals surface area contributed by atoms with Crippen molar-refractivity contribution in [3.05, 3.63) is 29.8 Å². The third-order valence-corrected chi connectivity index (χ3v) is 4.85. The highest BCUT2D eigenvalue weighted by Gasteiger charge is 2.33. The first kappa shape index (κ1) is 16.3. The van der Waals surface area contributed by atoms with Crippen molar-refractivity contribution in [2.24, 2.45) is 5.92 Å². The van der Waals surface area contributed by atoms with Gasteiger partial charge in [0.25, 0.3) is 0 Å². The Balaban J connectivity index is 3.22. The lowest BCUT2D eigenvalue weighted by Gasteiger charge is -2.26. The molecule has 6 heteroatoms. The Kier molecular flexibility index (Phi) is 4.69. The summed E-state index contributed by atoms with van der Waals surface area (Å²) in [7, 11) is -3.86. The van der Waals surface area contributed by atoms with Crippen LogP contribution in [0.5, 0.6) is 0 Å². The molecule has 20 heavy (non-hydrogen) atoms. The van der Waals surface area contributed by atoms with Gasteiger partial charge in [0.15, 0.2) is 5.78 Å². The highest BCUT2D eigenvalue weighted by molar-refractivity contribution is 7.89. The SMILES string of the molecule is CC(=O)c1cccc(S(=O)(=O)N[C@](C)(C#N)C(C)C)c1. The first-order valence-corrected chi connectivity index (χ1v) is 7.67. The molecule has 1 N–H and O–H groups in total. The molecule has 0 unspecified atom stereocenters. The van der Waals surface area contributed by atoms with Crippen molar-refractivity contribution in [3.8, 4) is 6.07 Å². The molecule has 1 aromatic carbocycles. The Morgan fingerprint density at radius 3 is 2.45 bits per heavy atom. The maximum absolute atomic E-state index is 12.3. The predicted molar refractivity (Wildman–Crippen MR) is 75.6 cm³/mol. The van der Waals surface area contributed by atoms with Gasteiger partial charge in [0, 0.05) is 5.56 Å². The van der Waals surface area contributed by atoms with E-state index in [0.717, 1.165) is 0 Å². The monoisotopic (exact) mass is 294 g/mol. The quantitative estimate of drug-likeness (QED) is 0.842. The second kappa shape index (κ2) is 5.73. The maximum atomic E-state index is 12.3. The van der Waals surface area contributed by atoms with Gasteiger partial charge in [-0.1, -0.05) is 26.0 Å². The minimum absolute atomic E-state index is 0.0210. The second-order valence-corrected chi connectivity index (χ2v) is 6.84. The van der Waals surface area contributed by atoms with E-state index >= 15 is 0 Å². The molecule has 0 fully saturated rings. The van der Waals surface area contributed by atoms with Crippen LogP contribution in [0.4, 0.5) is 0 Å². The van der Waals surface area contributed by atoms with E-state index in [9.17, 15) is 18.5 Å². The molecule has 0 amide bonds. The summed E-state index contributed by atoms with van der Waals surface area (Å²) in [6.45, 7) is 6.42. The number of carbonyl (C=O) groups excluding carboxylic acids is 1. The zero-order valence-corrected chi connectivity index (χ0v) is 12.8. The molecule has 0 aliphatic carbocycles. The summed E-state index contributed by atoms with van der Waals surface area (Å²) in [5, 5.41) is 9.18. The average Bonchev–Trinajstić information content (AvgIpc) is 2.38. The number of nitriles is 1. The molecule has 0 saturated heterocycles. The van der Waals surface area contributed by atoms with Crippen LogP contribution in [-0.2, 0) is 10.0 Å². The van der Waals surface area contributed by atoms with Crippen molar-refractivity contribution >= 4 is 15.8 Å². The molecular weight excluding hydrogens is 276 g/mol. The van der Waals surface area contributed by atoms with Gasteiger partial charge in [0.05, 0.1) is 11.0 Å². The van der Waals surface area contributed by atoms with Gasteiger partial charge in [0.2, 0.25) is 10.0 Å². The summed E-state index contributed by atoms with van der Waals surface area (Å²) in [4.78, 5) is 11.3. The molecule has 1 aromatic rings. The van der Waals surface area contributed by atoms with Crippen LogP contribution in [0.3, 0.4) is 0 Å². The summed E-state index contributed by atoms with van der Waals surface area (Å²) >= 11 is 0. The molecular formula is C14H18N2O3S. The fraction of sp³-hybridized carbons (Fsp3) is 0.429. The van der Waals surface area contributed by atoms with Gasteiger partial charge in [-0.05, 0) is 31.9 Å². The van der Waals surface area contributed by atoms with Crippen molar-refractivity contribution in [2.45, 2.75) is 38.1 Å². The molecule has 0 aliphatic rings. The minimum atomic E-state index is -3.86. The highest BCUT2D eigenvalue weighted by atomic mass is 32.2. The van der Waals surface area contributed by atoms with Gasteiger partial charge in [-0.3, -0.25) is 4.79 Å². The molecule has 5 nitrogen and oxygen atoms in total. The van der Waals surface area contributed by atoms with Crippen LogP contribution in [-0.4, -0.2) is 19.7 Å². The maximum Gasteiger partial charge on any atom is 0.241 e. The number of ketones is 1. The molecule has 108 valence electrons. The van der Waals surface area contributed by atoms with E-state index in [1.54, 1.807) is 19.9 Å². The molecule has 1 rings (SSSR count). The first-order valence-electron chi connectivity index (χ1n) is 6.18. The van der Waals surface area contributed by atoms with Crippen LogP contribution in [0.1, 0.15) is 38.1 Å². The fourth-order valence-corrected chi connectivity index (χ4v) is 2.99. The number of benzene rings is 1. The standard InChI is InChI=1S/C14H18N2O3S/c1-10(2)14(4,9-15)16-20(18,19)13-7-5-6-12(8-13)11(3)17/h5-8,10,16H,1-4H3/t14-/m1/s1. The van der Waals surface area contributed by atoms with E-state index in [1.807, 2.05) is 6.07 Å². The number of hydrogen-bond acceptors (Lipinski definition) is 4. The zero-order chi connectivity index (χ0) is 15.6. The first-order chi connectivity index (χ1) is 9.12. The highest BCUT2D eigenvalue weighted by Crippen LogP contribution is 2.20. The Hall–Kier alpha value is -1.71. The van der Waals surface area contributed by atoms with Gasteiger partial charge >= 0.3 is 0 Å². The molecule has 0 bridgehead atoms. The van der Waals surface area contributed by atoms with Gasteiger partial charge < -0.3 is 0 Å². The minimum Gasteiger partial charge on any atom is -0.295 e. The van der Waals surface area contributed by atoms with Gasteiger partial charge in [-0.25, -0.2) is 8.42 Å². The number of nitrogens with zero attached hydrogens (tertiary/aromatic N) is 1. The third-order valence-electron chi connectivity index (χ3n) is 3.28. The topological polar surface area (TPSA) is 87.0 Å². The summed E-state index contributed by atoms with van der Waals surface area (Å²) in [6.07, 6.45) is 0. The van der Waals surface area contributed by atoms with E-state index in [4.69, 9.17) is 0 Å². The Morgan fingerprint density at radius 1 is 1.40 bits per heavy atom. The van der Waals surface area contributed by atoms with Crippen LogP contribution >= 0.6 is 0 Å². The summed E-state index contributed by atoms with van der Waals surface area (Å²) < 4.78 is 27.0. The van der Waals surface area contributed by atoms with Crippen molar-refractivity contribution in [2.75, 3.05) is 0 Å². The average molecular weight is 294 g/mol. The third kappa shape index (κ3) is 3.44. The van der Waals surface area contributed by atoms with E-state index < -0.39 is 15.6 Å². The lowest BCUT2D eigenvalue weighted by Crippen LogP contribution is -2.48. The van der Waals surface area contributed by atoms with Gasteiger partial charge in [0.1, 0.15) is 5.54 Å². The Bertz CT molecular complexity index is 659. The van der Waals surface area contributed by atoms with Crippen LogP contribution in [0.2, 0.25) is 0 Å². The molecule has 0 radical (unpaired) electrons. The van der Waals surface area contributed by atoms with Crippen molar-refractivity contribution in [3.63, 3.8) is 0 Å². The number of nitrogens with one attached hydrogen (secondary N) is 1. The zero-order valence-electron chi connectivity index (χ0n) is 12.0. The normalized spacial score (nSPS) is 14.6. The van der Waals surface area contributed by atoms with E-state index in [-0.39, 0.29) is 16.6 Å². The number of Topliss-reactive ketones (excluding diaryl/α,β-unsaturated/α-hetero) is 1. The van der Waals surface area contributed by atoms with E-state index in [2.05, 4.69) is 4.72 Å². The lowest BCUT2D eigenvalue weighted by molar-refractivity contribution is 0.101. The molecule has 1 atom stereocenters. The fourth-order valence-electron chi connectivity index (χ4n) is 1.49. The number of hydrogen-bond donors (Lipinski definition) is 1. The van der Waals surface area contributed by atoms with E-state index in [1.165, 1.54) is 32.0 Å². The molecule has 0 saturated carbocycles. The summed E-state index contributed by atoms with van der Waals surface area (Å²) in [5.41, 5.74) is -0.887.